The predicted molar refractivity (Wildman–Crippen MR) is 71.3 cm³/mol. The molecule has 0 radical (unpaired) electrons. The highest BCUT2D eigenvalue weighted by Crippen LogP contribution is 2.34. The van der Waals surface area contributed by atoms with Crippen LogP contribution in [0.5, 0.6) is 0 Å². The first-order chi connectivity index (χ1) is 8.77. The molecule has 1 aromatic carbocycles. The summed E-state index contributed by atoms with van der Waals surface area (Å²) in [7, 11) is 0. The molecule has 0 saturated carbocycles. The molecule has 0 unspecified atom stereocenters. The zero-order valence-electron chi connectivity index (χ0n) is 11.0. The second kappa shape index (κ2) is 6.30. The van der Waals surface area contributed by atoms with Crippen LogP contribution in [0.1, 0.15) is 31.7 Å². The third kappa shape index (κ3) is 3.09. The van der Waals surface area contributed by atoms with E-state index in [1.54, 1.807) is 12.1 Å². The monoisotopic (exact) mass is 251 g/mol. The van der Waals surface area contributed by atoms with Crippen LogP contribution in [0, 0.1) is 5.82 Å². The fraction of sp³-hybridized carbons (Fsp3) is 0.600. The Morgan fingerprint density at radius 2 is 1.89 bits per heavy atom. The van der Waals surface area contributed by atoms with Gasteiger partial charge in [-0.05, 0) is 43.5 Å². The molecule has 0 bridgehead atoms. The summed E-state index contributed by atoms with van der Waals surface area (Å²) >= 11 is 0. The molecular formula is C15H22FNO. The lowest BCUT2D eigenvalue weighted by Crippen LogP contribution is -2.43. The van der Waals surface area contributed by atoms with Crippen LogP contribution in [0.15, 0.2) is 24.3 Å². The Bertz CT molecular complexity index is 357. The molecule has 1 aliphatic heterocycles. The fourth-order valence-corrected chi connectivity index (χ4v) is 2.64. The molecule has 1 aliphatic rings. The minimum Gasteiger partial charge on any atom is -0.381 e. The van der Waals surface area contributed by atoms with Gasteiger partial charge in [0.15, 0.2) is 0 Å². The first kappa shape index (κ1) is 13.5. The maximum atomic E-state index is 13.0. The molecule has 1 saturated heterocycles. The molecule has 0 atom stereocenters. The quantitative estimate of drug-likeness (QED) is 0.812. The number of nitrogens with one attached hydrogen (secondary N) is 1. The van der Waals surface area contributed by atoms with Gasteiger partial charge >= 0.3 is 0 Å². The molecule has 100 valence electrons. The zero-order chi connectivity index (χ0) is 12.8. The van der Waals surface area contributed by atoms with E-state index in [1.165, 1.54) is 5.56 Å². The number of ether oxygens (including phenoxy) is 1. The Labute approximate surface area is 109 Å². The summed E-state index contributed by atoms with van der Waals surface area (Å²) in [5.74, 6) is -0.164. The second-order valence-electron chi connectivity index (χ2n) is 5.08. The van der Waals surface area contributed by atoms with Gasteiger partial charge in [0.1, 0.15) is 5.82 Å². The van der Waals surface area contributed by atoms with Crippen molar-refractivity contribution >= 4 is 0 Å². The topological polar surface area (TPSA) is 21.3 Å². The number of hydrogen-bond donors (Lipinski definition) is 1. The van der Waals surface area contributed by atoms with Gasteiger partial charge in [0.25, 0.3) is 0 Å². The number of benzene rings is 1. The fourth-order valence-electron chi connectivity index (χ4n) is 2.64. The first-order valence-electron chi connectivity index (χ1n) is 6.81. The average molecular weight is 251 g/mol. The van der Waals surface area contributed by atoms with Crippen molar-refractivity contribution < 1.29 is 9.13 Å². The standard InChI is InChI=1S/C15H22FNO/c1-2-9-17-12-15(7-10-18-11-8-15)13-3-5-14(16)6-4-13/h3-6,17H,2,7-12H2,1H3. The summed E-state index contributed by atoms with van der Waals surface area (Å²) in [5, 5.41) is 3.51. The van der Waals surface area contributed by atoms with Crippen LogP contribution in [-0.4, -0.2) is 26.3 Å². The lowest BCUT2D eigenvalue weighted by Gasteiger charge is -2.38. The van der Waals surface area contributed by atoms with Gasteiger partial charge in [0.05, 0.1) is 0 Å². The highest BCUT2D eigenvalue weighted by Gasteiger charge is 2.33. The van der Waals surface area contributed by atoms with E-state index in [9.17, 15) is 4.39 Å². The molecule has 1 aromatic rings. The van der Waals surface area contributed by atoms with E-state index in [-0.39, 0.29) is 11.2 Å². The van der Waals surface area contributed by atoms with Gasteiger partial charge in [-0.3, -0.25) is 0 Å². The first-order valence-corrected chi connectivity index (χ1v) is 6.81. The molecule has 1 heterocycles. The van der Waals surface area contributed by atoms with Crippen LogP contribution in [-0.2, 0) is 10.2 Å². The van der Waals surface area contributed by atoms with Crippen molar-refractivity contribution in [3.8, 4) is 0 Å². The van der Waals surface area contributed by atoms with Gasteiger partial charge in [0.2, 0.25) is 0 Å². The van der Waals surface area contributed by atoms with E-state index in [0.717, 1.165) is 45.6 Å². The van der Waals surface area contributed by atoms with Crippen molar-refractivity contribution in [2.45, 2.75) is 31.6 Å². The highest BCUT2D eigenvalue weighted by molar-refractivity contribution is 5.27. The van der Waals surface area contributed by atoms with E-state index >= 15 is 0 Å². The van der Waals surface area contributed by atoms with Gasteiger partial charge < -0.3 is 10.1 Å². The molecule has 2 nitrogen and oxygen atoms in total. The van der Waals surface area contributed by atoms with Crippen molar-refractivity contribution in [3.63, 3.8) is 0 Å². The lowest BCUT2D eigenvalue weighted by molar-refractivity contribution is 0.0499. The summed E-state index contributed by atoms with van der Waals surface area (Å²) in [4.78, 5) is 0. The van der Waals surface area contributed by atoms with Crippen molar-refractivity contribution in [2.75, 3.05) is 26.3 Å². The van der Waals surface area contributed by atoms with Crippen LogP contribution in [0.2, 0.25) is 0 Å². The number of halogens is 1. The van der Waals surface area contributed by atoms with Crippen LogP contribution in [0.3, 0.4) is 0 Å². The summed E-state index contributed by atoms with van der Waals surface area (Å²) in [6.07, 6.45) is 3.15. The largest absolute Gasteiger partial charge is 0.381 e. The van der Waals surface area contributed by atoms with Gasteiger partial charge in [-0.25, -0.2) is 4.39 Å². The minimum absolute atomic E-state index is 0.112. The SMILES string of the molecule is CCCNCC1(c2ccc(F)cc2)CCOCC1. The molecule has 1 fully saturated rings. The van der Waals surface area contributed by atoms with Crippen LogP contribution in [0.25, 0.3) is 0 Å². The van der Waals surface area contributed by atoms with Crippen molar-refractivity contribution in [1.82, 2.24) is 5.32 Å². The minimum atomic E-state index is -0.164. The Hall–Kier alpha value is -0.930. The van der Waals surface area contributed by atoms with Crippen molar-refractivity contribution in [3.05, 3.63) is 35.6 Å². The number of hydrogen-bond acceptors (Lipinski definition) is 2. The molecule has 0 aliphatic carbocycles. The van der Waals surface area contributed by atoms with Gasteiger partial charge in [-0.2, -0.15) is 0 Å². The molecule has 2 rings (SSSR count). The normalized spacial score (nSPS) is 18.8. The Kier molecular flexibility index (Phi) is 4.72. The summed E-state index contributed by atoms with van der Waals surface area (Å²) in [6.45, 7) is 5.75. The second-order valence-corrected chi connectivity index (χ2v) is 5.08. The summed E-state index contributed by atoms with van der Waals surface area (Å²) < 4.78 is 18.5. The number of rotatable bonds is 5. The van der Waals surface area contributed by atoms with Crippen molar-refractivity contribution in [1.29, 1.82) is 0 Å². The van der Waals surface area contributed by atoms with Crippen molar-refractivity contribution in [2.24, 2.45) is 0 Å². The van der Waals surface area contributed by atoms with Crippen LogP contribution < -0.4 is 5.32 Å². The molecule has 0 aromatic heterocycles. The van der Waals surface area contributed by atoms with Crippen LogP contribution in [0.4, 0.5) is 4.39 Å². The average Bonchev–Trinajstić information content (AvgIpc) is 2.41. The van der Waals surface area contributed by atoms with E-state index in [2.05, 4.69) is 12.2 Å². The van der Waals surface area contributed by atoms with E-state index < -0.39 is 0 Å². The molecule has 18 heavy (non-hydrogen) atoms. The molecular weight excluding hydrogens is 229 g/mol. The van der Waals surface area contributed by atoms with Gasteiger partial charge in [-0.15, -0.1) is 0 Å². The molecule has 0 spiro atoms. The third-order valence-electron chi connectivity index (χ3n) is 3.80. The van der Waals surface area contributed by atoms with Gasteiger partial charge in [-0.1, -0.05) is 19.1 Å². The Morgan fingerprint density at radius 3 is 2.50 bits per heavy atom. The molecule has 0 amide bonds. The summed E-state index contributed by atoms with van der Waals surface area (Å²) in [5.41, 5.74) is 1.34. The zero-order valence-corrected chi connectivity index (χ0v) is 11.0. The van der Waals surface area contributed by atoms with E-state index in [4.69, 9.17) is 4.74 Å². The maximum absolute atomic E-state index is 13.0. The summed E-state index contributed by atoms with van der Waals surface area (Å²) in [6, 6.07) is 6.97. The lowest BCUT2D eigenvalue weighted by atomic mass is 9.74. The highest BCUT2D eigenvalue weighted by atomic mass is 19.1. The maximum Gasteiger partial charge on any atom is 0.123 e. The smallest absolute Gasteiger partial charge is 0.123 e. The predicted octanol–water partition coefficient (Wildman–Crippen LogP) is 2.87. The molecule has 1 N–H and O–H groups in total. The Balaban J connectivity index is 2.15. The molecule has 3 heteroatoms. The van der Waals surface area contributed by atoms with Gasteiger partial charge in [0, 0.05) is 25.2 Å². The Morgan fingerprint density at radius 1 is 1.22 bits per heavy atom. The van der Waals surface area contributed by atoms with Crippen LogP contribution >= 0.6 is 0 Å². The third-order valence-corrected chi connectivity index (χ3v) is 3.80. The van der Waals surface area contributed by atoms with E-state index in [1.807, 2.05) is 12.1 Å². The van der Waals surface area contributed by atoms with E-state index in [0.29, 0.717) is 0 Å².